The van der Waals surface area contributed by atoms with Crippen molar-refractivity contribution in [1.82, 2.24) is 9.80 Å². The molecule has 2 N–H and O–H groups in total. The fourth-order valence-corrected chi connectivity index (χ4v) is 4.81. The van der Waals surface area contributed by atoms with Crippen LogP contribution in [0.5, 0.6) is 5.75 Å². The Morgan fingerprint density at radius 1 is 1.06 bits per heavy atom. The van der Waals surface area contributed by atoms with E-state index in [1.54, 1.807) is 17.0 Å². The SMILES string of the molecule is CC1CN(C(=O)COc2ccc(Cl)cc2CS(N)(=O)=O)C(C)CN1Cc1ccc(Cl)cc1. The average molecular weight is 500 g/mol. The monoisotopic (exact) mass is 499 g/mol. The van der Waals surface area contributed by atoms with Crippen LogP contribution in [0.4, 0.5) is 0 Å². The quantitative estimate of drug-likeness (QED) is 0.630. The summed E-state index contributed by atoms with van der Waals surface area (Å²) < 4.78 is 28.7. The van der Waals surface area contributed by atoms with E-state index in [0.717, 1.165) is 13.1 Å². The molecule has 1 aliphatic heterocycles. The summed E-state index contributed by atoms with van der Waals surface area (Å²) in [7, 11) is -3.77. The molecule has 0 bridgehead atoms. The van der Waals surface area contributed by atoms with Crippen molar-refractivity contribution in [3.63, 3.8) is 0 Å². The molecule has 32 heavy (non-hydrogen) atoms. The van der Waals surface area contributed by atoms with Crippen LogP contribution in [0.25, 0.3) is 0 Å². The number of hydrogen-bond acceptors (Lipinski definition) is 5. The highest BCUT2D eigenvalue weighted by atomic mass is 35.5. The molecule has 2 unspecified atom stereocenters. The number of nitrogens with zero attached hydrogens (tertiary/aromatic N) is 2. The number of benzene rings is 2. The van der Waals surface area contributed by atoms with Crippen molar-refractivity contribution < 1.29 is 17.9 Å². The van der Waals surface area contributed by atoms with Gasteiger partial charge in [0.2, 0.25) is 10.0 Å². The van der Waals surface area contributed by atoms with Crippen LogP contribution in [0.15, 0.2) is 42.5 Å². The highest BCUT2D eigenvalue weighted by Crippen LogP contribution is 2.25. The number of primary sulfonamides is 1. The Morgan fingerprint density at radius 2 is 1.72 bits per heavy atom. The molecule has 2 atom stereocenters. The molecule has 0 spiro atoms. The molecule has 2 aromatic carbocycles. The van der Waals surface area contributed by atoms with Gasteiger partial charge in [0.05, 0.1) is 5.75 Å². The third kappa shape index (κ3) is 6.83. The number of nitrogens with two attached hydrogens (primary N) is 1. The minimum Gasteiger partial charge on any atom is -0.483 e. The lowest BCUT2D eigenvalue weighted by Crippen LogP contribution is -2.58. The van der Waals surface area contributed by atoms with Crippen LogP contribution in [0.1, 0.15) is 25.0 Å². The number of ether oxygens (including phenoxy) is 1. The first kappa shape index (κ1) is 24.8. The fraction of sp³-hybridized carbons (Fsp3) is 0.409. The number of rotatable bonds is 7. The van der Waals surface area contributed by atoms with Crippen LogP contribution in [0.3, 0.4) is 0 Å². The predicted molar refractivity (Wildman–Crippen MR) is 126 cm³/mol. The Bertz CT molecular complexity index is 1060. The van der Waals surface area contributed by atoms with E-state index < -0.39 is 15.8 Å². The van der Waals surface area contributed by atoms with Gasteiger partial charge in [0.15, 0.2) is 6.61 Å². The molecule has 0 aromatic heterocycles. The molecule has 1 fully saturated rings. The molecule has 174 valence electrons. The molecule has 1 saturated heterocycles. The Morgan fingerprint density at radius 3 is 2.38 bits per heavy atom. The molecule has 0 aliphatic carbocycles. The van der Waals surface area contributed by atoms with Crippen molar-refractivity contribution in [1.29, 1.82) is 0 Å². The standard InChI is InChI=1S/C22H27Cl2N3O4S/c1-15-11-27(16(2)10-26(15)12-17-3-5-19(23)6-4-17)22(28)13-31-21-8-7-20(24)9-18(21)14-32(25,29)30/h3-9,15-16H,10-14H2,1-2H3,(H2,25,29,30). The summed E-state index contributed by atoms with van der Waals surface area (Å²) in [5, 5.41) is 6.23. The summed E-state index contributed by atoms with van der Waals surface area (Å²) in [6, 6.07) is 12.5. The van der Waals surface area contributed by atoms with Gasteiger partial charge in [0.1, 0.15) is 5.75 Å². The third-order valence-electron chi connectivity index (χ3n) is 5.46. The zero-order chi connectivity index (χ0) is 23.5. The Kier molecular flexibility index (Phi) is 8.06. The molecule has 1 heterocycles. The lowest BCUT2D eigenvalue weighted by atomic mass is 10.1. The van der Waals surface area contributed by atoms with E-state index in [1.807, 2.05) is 31.2 Å². The first-order valence-electron chi connectivity index (χ1n) is 10.2. The van der Waals surface area contributed by atoms with Crippen molar-refractivity contribution in [2.75, 3.05) is 19.7 Å². The summed E-state index contributed by atoms with van der Waals surface area (Å²) in [5.41, 5.74) is 1.49. The smallest absolute Gasteiger partial charge is 0.260 e. The summed E-state index contributed by atoms with van der Waals surface area (Å²) >= 11 is 11.9. The van der Waals surface area contributed by atoms with E-state index in [-0.39, 0.29) is 30.3 Å². The first-order chi connectivity index (χ1) is 15.0. The normalized spacial score (nSPS) is 19.7. The van der Waals surface area contributed by atoms with Gasteiger partial charge in [0, 0.05) is 47.3 Å². The van der Waals surface area contributed by atoms with E-state index in [4.69, 9.17) is 33.1 Å². The molecule has 1 aliphatic rings. The largest absolute Gasteiger partial charge is 0.483 e. The van der Waals surface area contributed by atoms with Gasteiger partial charge in [-0.25, -0.2) is 13.6 Å². The third-order valence-corrected chi connectivity index (χ3v) is 6.67. The summed E-state index contributed by atoms with van der Waals surface area (Å²) in [6.45, 7) is 5.98. The number of halogens is 2. The van der Waals surface area contributed by atoms with Gasteiger partial charge in [-0.2, -0.15) is 0 Å². The molecular formula is C22H27Cl2N3O4S. The molecule has 1 amide bonds. The zero-order valence-electron chi connectivity index (χ0n) is 18.0. The number of hydrogen-bond donors (Lipinski definition) is 1. The number of carbonyl (C=O) groups is 1. The van der Waals surface area contributed by atoms with Crippen LogP contribution in [0.2, 0.25) is 10.0 Å². The van der Waals surface area contributed by atoms with E-state index in [1.165, 1.54) is 11.6 Å². The van der Waals surface area contributed by atoms with Gasteiger partial charge in [-0.3, -0.25) is 9.69 Å². The first-order valence-corrected chi connectivity index (χ1v) is 12.7. The van der Waals surface area contributed by atoms with Gasteiger partial charge < -0.3 is 9.64 Å². The zero-order valence-corrected chi connectivity index (χ0v) is 20.3. The van der Waals surface area contributed by atoms with E-state index >= 15 is 0 Å². The number of amides is 1. The number of piperazine rings is 1. The maximum Gasteiger partial charge on any atom is 0.260 e. The molecular weight excluding hydrogens is 473 g/mol. The molecule has 2 aromatic rings. The van der Waals surface area contributed by atoms with E-state index in [0.29, 0.717) is 22.2 Å². The summed E-state index contributed by atoms with van der Waals surface area (Å²) in [4.78, 5) is 17.0. The second-order valence-electron chi connectivity index (χ2n) is 8.15. The number of carbonyl (C=O) groups excluding carboxylic acids is 1. The van der Waals surface area contributed by atoms with Gasteiger partial charge in [-0.1, -0.05) is 35.3 Å². The maximum absolute atomic E-state index is 12.9. The van der Waals surface area contributed by atoms with Crippen molar-refractivity contribution in [2.24, 2.45) is 5.14 Å². The van der Waals surface area contributed by atoms with Crippen LogP contribution in [0, 0.1) is 0 Å². The van der Waals surface area contributed by atoms with Crippen LogP contribution in [-0.2, 0) is 27.1 Å². The topological polar surface area (TPSA) is 92.9 Å². The fourth-order valence-electron chi connectivity index (χ4n) is 3.83. The Labute approximate surface area is 199 Å². The van der Waals surface area contributed by atoms with Crippen molar-refractivity contribution in [3.8, 4) is 5.75 Å². The van der Waals surface area contributed by atoms with Gasteiger partial charge in [-0.15, -0.1) is 0 Å². The highest BCUT2D eigenvalue weighted by molar-refractivity contribution is 7.88. The Balaban J connectivity index is 1.61. The maximum atomic E-state index is 12.9. The van der Waals surface area contributed by atoms with Crippen molar-refractivity contribution in [2.45, 2.75) is 38.2 Å². The van der Waals surface area contributed by atoms with E-state index in [9.17, 15) is 13.2 Å². The van der Waals surface area contributed by atoms with Crippen LogP contribution < -0.4 is 9.88 Å². The van der Waals surface area contributed by atoms with Crippen LogP contribution in [-0.4, -0.2) is 55.9 Å². The van der Waals surface area contributed by atoms with Gasteiger partial charge >= 0.3 is 0 Å². The second-order valence-corrected chi connectivity index (χ2v) is 10.6. The minimum absolute atomic E-state index is 0.00343. The number of sulfonamides is 1. The lowest BCUT2D eigenvalue weighted by Gasteiger charge is -2.44. The van der Waals surface area contributed by atoms with Gasteiger partial charge in [0.25, 0.3) is 5.91 Å². The van der Waals surface area contributed by atoms with E-state index in [2.05, 4.69) is 11.8 Å². The Hall–Kier alpha value is -1.84. The molecule has 7 nitrogen and oxygen atoms in total. The predicted octanol–water partition coefficient (Wildman–Crippen LogP) is 3.28. The van der Waals surface area contributed by atoms with Crippen LogP contribution >= 0.6 is 23.2 Å². The van der Waals surface area contributed by atoms with Crippen molar-refractivity contribution in [3.05, 3.63) is 63.6 Å². The molecule has 10 heteroatoms. The lowest BCUT2D eigenvalue weighted by molar-refractivity contribution is -0.139. The summed E-state index contributed by atoms with van der Waals surface area (Å²) in [6.07, 6.45) is 0. The average Bonchev–Trinajstić information content (AvgIpc) is 2.70. The minimum atomic E-state index is -3.77. The summed E-state index contributed by atoms with van der Waals surface area (Å²) in [5.74, 6) is -0.306. The van der Waals surface area contributed by atoms with Gasteiger partial charge in [-0.05, 0) is 49.7 Å². The molecule has 0 radical (unpaired) electrons. The highest BCUT2D eigenvalue weighted by Gasteiger charge is 2.32. The van der Waals surface area contributed by atoms with Crippen molar-refractivity contribution >= 4 is 39.1 Å². The molecule has 3 rings (SSSR count). The molecule has 0 saturated carbocycles. The second kappa shape index (κ2) is 10.4.